The maximum absolute atomic E-state index is 12.4. The molecular weight excluding hydrogens is 477 g/mol. The van der Waals surface area contributed by atoms with Gasteiger partial charge in [-0.3, -0.25) is 14.7 Å². The van der Waals surface area contributed by atoms with Crippen LogP contribution >= 0.6 is 35.7 Å². The van der Waals surface area contributed by atoms with Gasteiger partial charge < -0.3 is 20.2 Å². The lowest BCUT2D eigenvalue weighted by molar-refractivity contribution is -0.133. The number of hydrogen-bond donors (Lipinski definition) is 2. The number of aliphatic imine (C=N–C) groups is 1. The third kappa shape index (κ3) is 6.64. The van der Waals surface area contributed by atoms with Crippen LogP contribution in [0.5, 0.6) is 0 Å². The first-order chi connectivity index (χ1) is 12.6. The van der Waals surface area contributed by atoms with Gasteiger partial charge in [-0.25, -0.2) is 0 Å². The fourth-order valence-electron chi connectivity index (χ4n) is 3.86. The number of halogens is 1. The molecule has 3 aliphatic heterocycles. The van der Waals surface area contributed by atoms with Crippen LogP contribution in [0.2, 0.25) is 0 Å². The summed E-state index contributed by atoms with van der Waals surface area (Å²) in [6, 6.07) is 0. The molecule has 0 saturated carbocycles. The zero-order valence-electron chi connectivity index (χ0n) is 16.4. The van der Waals surface area contributed by atoms with Gasteiger partial charge in [0.15, 0.2) is 5.96 Å². The molecule has 3 rings (SSSR count). The van der Waals surface area contributed by atoms with Crippen molar-refractivity contribution < 1.29 is 9.90 Å². The number of guanidine groups is 1. The quantitative estimate of drug-likeness (QED) is 0.329. The number of amides is 1. The smallest absolute Gasteiger partial charge is 0.236 e. The Morgan fingerprint density at radius 3 is 2.41 bits per heavy atom. The lowest BCUT2D eigenvalue weighted by atomic mass is 10.0. The van der Waals surface area contributed by atoms with Gasteiger partial charge in [0.2, 0.25) is 5.91 Å². The van der Waals surface area contributed by atoms with Crippen LogP contribution in [0.1, 0.15) is 25.7 Å². The number of nitrogens with one attached hydrogen (secondary N) is 1. The minimum atomic E-state index is -0.608. The van der Waals surface area contributed by atoms with Gasteiger partial charge in [-0.05, 0) is 31.4 Å². The first-order valence-corrected chi connectivity index (χ1v) is 11.0. The van der Waals surface area contributed by atoms with E-state index in [1.165, 1.54) is 6.42 Å². The first-order valence-electron chi connectivity index (χ1n) is 9.85. The highest BCUT2D eigenvalue weighted by molar-refractivity contribution is 14.0. The number of carbonyl (C=O) groups is 1. The third-order valence-electron chi connectivity index (χ3n) is 5.61. The molecule has 3 aliphatic rings. The molecular formula is C18H34IN5O2S. The molecule has 1 unspecified atom stereocenters. The van der Waals surface area contributed by atoms with Crippen LogP contribution in [-0.2, 0) is 4.79 Å². The molecule has 156 valence electrons. The van der Waals surface area contributed by atoms with E-state index in [-0.39, 0.29) is 29.9 Å². The Labute approximate surface area is 184 Å². The van der Waals surface area contributed by atoms with Gasteiger partial charge in [0.05, 0.1) is 12.1 Å². The zero-order valence-corrected chi connectivity index (χ0v) is 19.5. The Kier molecular flexibility index (Phi) is 9.43. The number of nitrogens with zero attached hydrogens (tertiary/aromatic N) is 4. The van der Waals surface area contributed by atoms with E-state index in [9.17, 15) is 9.90 Å². The highest BCUT2D eigenvalue weighted by Gasteiger charge is 2.32. The minimum absolute atomic E-state index is 0. The summed E-state index contributed by atoms with van der Waals surface area (Å²) in [5, 5.41) is 13.8. The number of rotatable bonds is 4. The van der Waals surface area contributed by atoms with Crippen molar-refractivity contribution in [3.05, 3.63) is 0 Å². The van der Waals surface area contributed by atoms with Crippen LogP contribution in [0.15, 0.2) is 4.99 Å². The standard InChI is InChI=1S/C18H33N5O2S.HI/c1-19-17(20-14-18(25)5-12-26-15-18)23-10-8-21(9-11-23)13-16(24)22-6-3-2-4-7-22;/h25H,2-15H2,1H3,(H,19,20);1H. The number of piperazine rings is 1. The summed E-state index contributed by atoms with van der Waals surface area (Å²) >= 11 is 1.81. The van der Waals surface area contributed by atoms with Crippen LogP contribution in [0.4, 0.5) is 0 Å². The molecule has 3 fully saturated rings. The van der Waals surface area contributed by atoms with Crippen molar-refractivity contribution in [1.29, 1.82) is 0 Å². The molecule has 0 bridgehead atoms. The van der Waals surface area contributed by atoms with Crippen molar-refractivity contribution in [2.45, 2.75) is 31.3 Å². The van der Waals surface area contributed by atoms with E-state index < -0.39 is 5.60 Å². The van der Waals surface area contributed by atoms with Crippen molar-refractivity contribution in [3.63, 3.8) is 0 Å². The second kappa shape index (κ2) is 11.1. The molecule has 3 heterocycles. The monoisotopic (exact) mass is 511 g/mol. The van der Waals surface area contributed by atoms with Gasteiger partial charge in [-0.2, -0.15) is 11.8 Å². The van der Waals surface area contributed by atoms with E-state index in [2.05, 4.69) is 20.1 Å². The Morgan fingerprint density at radius 2 is 1.81 bits per heavy atom. The maximum atomic E-state index is 12.4. The number of piperidine rings is 1. The van der Waals surface area contributed by atoms with Crippen LogP contribution in [0, 0.1) is 0 Å². The molecule has 1 atom stereocenters. The highest BCUT2D eigenvalue weighted by Crippen LogP contribution is 2.27. The van der Waals surface area contributed by atoms with E-state index in [1.54, 1.807) is 7.05 Å². The second-order valence-electron chi connectivity index (χ2n) is 7.63. The summed E-state index contributed by atoms with van der Waals surface area (Å²) in [7, 11) is 1.79. The molecule has 3 saturated heterocycles. The summed E-state index contributed by atoms with van der Waals surface area (Å²) in [6.45, 7) is 6.42. The summed E-state index contributed by atoms with van der Waals surface area (Å²) in [5.74, 6) is 2.96. The molecule has 0 aromatic heterocycles. The summed E-state index contributed by atoms with van der Waals surface area (Å²) in [4.78, 5) is 23.3. The average Bonchev–Trinajstić information content (AvgIpc) is 3.11. The molecule has 1 amide bonds. The van der Waals surface area contributed by atoms with Crippen molar-refractivity contribution >= 4 is 47.6 Å². The summed E-state index contributed by atoms with van der Waals surface area (Å²) in [6.07, 6.45) is 4.38. The van der Waals surface area contributed by atoms with Gasteiger partial charge in [0, 0.05) is 58.6 Å². The largest absolute Gasteiger partial charge is 0.387 e. The lowest BCUT2D eigenvalue weighted by Crippen LogP contribution is -2.56. The van der Waals surface area contributed by atoms with Crippen molar-refractivity contribution in [2.75, 3.05) is 70.9 Å². The van der Waals surface area contributed by atoms with Crippen molar-refractivity contribution in [1.82, 2.24) is 20.0 Å². The molecule has 0 spiro atoms. The Bertz CT molecular complexity index is 502. The SMILES string of the molecule is CN=C(NCC1(O)CCSC1)N1CCN(CC(=O)N2CCCCC2)CC1.I. The van der Waals surface area contributed by atoms with Gasteiger partial charge in [-0.1, -0.05) is 0 Å². The Balaban J connectivity index is 0.00000261. The van der Waals surface area contributed by atoms with Crippen LogP contribution < -0.4 is 5.32 Å². The Morgan fingerprint density at radius 1 is 1.11 bits per heavy atom. The van der Waals surface area contributed by atoms with E-state index in [0.717, 1.165) is 76.0 Å². The van der Waals surface area contributed by atoms with E-state index in [4.69, 9.17) is 0 Å². The molecule has 2 N–H and O–H groups in total. The van der Waals surface area contributed by atoms with Gasteiger partial charge in [0.1, 0.15) is 0 Å². The third-order valence-corrected chi connectivity index (χ3v) is 6.84. The van der Waals surface area contributed by atoms with Crippen LogP contribution in [0.3, 0.4) is 0 Å². The van der Waals surface area contributed by atoms with E-state index >= 15 is 0 Å². The minimum Gasteiger partial charge on any atom is -0.387 e. The van der Waals surface area contributed by atoms with Gasteiger partial charge >= 0.3 is 0 Å². The molecule has 0 aromatic carbocycles. The summed E-state index contributed by atoms with van der Waals surface area (Å²) < 4.78 is 0. The molecule has 0 aromatic rings. The normalized spacial score (nSPS) is 27.4. The van der Waals surface area contributed by atoms with E-state index in [1.807, 2.05) is 16.7 Å². The van der Waals surface area contributed by atoms with Crippen LogP contribution in [0.25, 0.3) is 0 Å². The maximum Gasteiger partial charge on any atom is 0.236 e. The number of hydrogen-bond acceptors (Lipinski definition) is 5. The lowest BCUT2D eigenvalue weighted by Gasteiger charge is -2.38. The topological polar surface area (TPSA) is 71.4 Å². The fraction of sp³-hybridized carbons (Fsp3) is 0.889. The first kappa shape index (κ1) is 23.0. The van der Waals surface area contributed by atoms with Gasteiger partial charge in [-0.15, -0.1) is 24.0 Å². The molecule has 9 heteroatoms. The number of carbonyl (C=O) groups excluding carboxylic acids is 1. The van der Waals surface area contributed by atoms with Crippen LogP contribution in [-0.4, -0.2) is 108 Å². The predicted molar refractivity (Wildman–Crippen MR) is 122 cm³/mol. The number of thioether (sulfide) groups is 1. The van der Waals surface area contributed by atoms with Crippen molar-refractivity contribution in [2.24, 2.45) is 4.99 Å². The van der Waals surface area contributed by atoms with Gasteiger partial charge in [0.25, 0.3) is 0 Å². The average molecular weight is 511 g/mol. The Hall–Kier alpha value is -0.260. The number of likely N-dealkylation sites (tertiary alicyclic amines) is 1. The van der Waals surface area contributed by atoms with E-state index in [0.29, 0.717) is 13.1 Å². The molecule has 0 aliphatic carbocycles. The highest BCUT2D eigenvalue weighted by atomic mass is 127. The molecule has 0 radical (unpaired) electrons. The zero-order chi connectivity index (χ0) is 18.4. The van der Waals surface area contributed by atoms with Crippen molar-refractivity contribution in [3.8, 4) is 0 Å². The molecule has 27 heavy (non-hydrogen) atoms. The second-order valence-corrected chi connectivity index (χ2v) is 8.74. The molecule has 7 nitrogen and oxygen atoms in total. The number of aliphatic hydroxyl groups is 1. The summed E-state index contributed by atoms with van der Waals surface area (Å²) in [5.41, 5.74) is -0.608. The predicted octanol–water partition coefficient (Wildman–Crippen LogP) is 0.678. The fourth-order valence-corrected chi connectivity index (χ4v) is 5.16.